The van der Waals surface area contributed by atoms with Gasteiger partial charge in [0.15, 0.2) is 12.3 Å². The number of oxazole rings is 1. The third kappa shape index (κ3) is 3.99. The second-order valence-corrected chi connectivity index (χ2v) is 7.73. The zero-order valence-corrected chi connectivity index (χ0v) is 16.1. The zero-order chi connectivity index (χ0) is 19.6. The van der Waals surface area contributed by atoms with E-state index in [9.17, 15) is 4.79 Å². The molecular formula is C21H24N4O3. The van der Waals surface area contributed by atoms with E-state index in [0.29, 0.717) is 18.2 Å². The van der Waals surface area contributed by atoms with Crippen molar-refractivity contribution in [2.45, 2.75) is 20.0 Å². The molecule has 1 aliphatic rings. The summed E-state index contributed by atoms with van der Waals surface area (Å²) < 4.78 is 11.2. The fourth-order valence-corrected chi connectivity index (χ4v) is 3.61. The molecule has 0 radical (unpaired) electrons. The molecule has 3 aromatic rings. The number of fused-ring (bicyclic) bond motifs is 1. The van der Waals surface area contributed by atoms with Gasteiger partial charge in [0.1, 0.15) is 17.5 Å². The number of amides is 1. The minimum absolute atomic E-state index is 0.0987. The van der Waals surface area contributed by atoms with Crippen LogP contribution in [0, 0.1) is 5.41 Å². The molecule has 1 aliphatic heterocycles. The first-order valence-electron chi connectivity index (χ1n) is 9.40. The number of pyridine rings is 1. The quantitative estimate of drug-likeness (QED) is 0.708. The molecule has 3 heterocycles. The lowest BCUT2D eigenvalue weighted by atomic mass is 9.90. The van der Waals surface area contributed by atoms with Crippen LogP contribution in [0.15, 0.2) is 47.2 Å². The van der Waals surface area contributed by atoms with E-state index in [1.165, 1.54) is 6.26 Å². The third-order valence-electron chi connectivity index (χ3n) is 5.16. The van der Waals surface area contributed by atoms with Crippen LogP contribution < -0.4 is 10.1 Å². The molecule has 4 rings (SSSR count). The van der Waals surface area contributed by atoms with Crippen molar-refractivity contribution in [3.8, 4) is 5.75 Å². The lowest BCUT2D eigenvalue weighted by molar-refractivity contribution is 0.0929. The summed E-state index contributed by atoms with van der Waals surface area (Å²) >= 11 is 0. The molecule has 0 unspecified atom stereocenters. The molecule has 1 aromatic carbocycles. The fraction of sp³-hybridized carbons (Fsp3) is 0.381. The van der Waals surface area contributed by atoms with Crippen LogP contribution in [0.5, 0.6) is 5.75 Å². The smallest absolute Gasteiger partial charge is 0.273 e. The summed E-state index contributed by atoms with van der Waals surface area (Å²) in [5.41, 5.74) is 1.15. The maximum atomic E-state index is 12.4. The van der Waals surface area contributed by atoms with Gasteiger partial charge in [-0.25, -0.2) is 4.98 Å². The van der Waals surface area contributed by atoms with Crippen molar-refractivity contribution in [3.63, 3.8) is 0 Å². The number of carbonyl (C=O) groups is 1. The summed E-state index contributed by atoms with van der Waals surface area (Å²) in [6.07, 6.45) is 4.17. The predicted molar refractivity (Wildman–Crippen MR) is 105 cm³/mol. The maximum Gasteiger partial charge on any atom is 0.273 e. The minimum atomic E-state index is -0.224. The number of hydrogen-bond donors (Lipinski definition) is 1. The van der Waals surface area contributed by atoms with Gasteiger partial charge in [0.05, 0.1) is 0 Å². The van der Waals surface area contributed by atoms with Crippen molar-refractivity contribution in [3.05, 3.63) is 54.4 Å². The molecule has 1 fully saturated rings. The van der Waals surface area contributed by atoms with Gasteiger partial charge >= 0.3 is 0 Å². The number of para-hydroxylation sites is 1. The van der Waals surface area contributed by atoms with Crippen LogP contribution in [0.25, 0.3) is 10.9 Å². The summed E-state index contributed by atoms with van der Waals surface area (Å²) in [6.45, 7) is 4.98. The third-order valence-corrected chi connectivity index (χ3v) is 5.16. The highest BCUT2D eigenvalue weighted by Gasteiger charge is 2.32. The van der Waals surface area contributed by atoms with E-state index in [2.05, 4.69) is 34.2 Å². The number of benzene rings is 1. The SMILES string of the molecule is CN1CC[C@](C)(CNC(=O)c2coc(COc3cccc4cccnc34)n2)C1. The average Bonchev–Trinajstić information content (AvgIpc) is 3.31. The van der Waals surface area contributed by atoms with Gasteiger partial charge in [0, 0.05) is 24.7 Å². The predicted octanol–water partition coefficient (Wildman–Crippen LogP) is 2.87. The largest absolute Gasteiger partial charge is 0.482 e. The second kappa shape index (κ2) is 7.59. The Balaban J connectivity index is 1.36. The van der Waals surface area contributed by atoms with Crippen molar-refractivity contribution in [2.24, 2.45) is 5.41 Å². The molecule has 0 spiro atoms. The number of likely N-dealkylation sites (tertiary alicyclic amines) is 1. The number of rotatable bonds is 6. The van der Waals surface area contributed by atoms with Gasteiger partial charge in [-0.15, -0.1) is 0 Å². The highest BCUT2D eigenvalue weighted by Crippen LogP contribution is 2.28. The lowest BCUT2D eigenvalue weighted by Crippen LogP contribution is -2.37. The molecule has 2 aromatic heterocycles. The molecule has 1 amide bonds. The molecule has 28 heavy (non-hydrogen) atoms. The minimum Gasteiger partial charge on any atom is -0.482 e. The zero-order valence-electron chi connectivity index (χ0n) is 16.1. The van der Waals surface area contributed by atoms with Crippen LogP contribution in [-0.4, -0.2) is 47.5 Å². The Kier molecular flexibility index (Phi) is 5.00. The summed E-state index contributed by atoms with van der Waals surface area (Å²) in [5.74, 6) is 0.781. The highest BCUT2D eigenvalue weighted by atomic mass is 16.5. The van der Waals surface area contributed by atoms with Crippen LogP contribution in [-0.2, 0) is 6.61 Å². The van der Waals surface area contributed by atoms with E-state index in [0.717, 1.165) is 30.4 Å². The highest BCUT2D eigenvalue weighted by molar-refractivity contribution is 5.91. The number of nitrogens with zero attached hydrogens (tertiary/aromatic N) is 3. The molecule has 0 bridgehead atoms. The molecule has 1 atom stereocenters. The topological polar surface area (TPSA) is 80.5 Å². The lowest BCUT2D eigenvalue weighted by Gasteiger charge is -2.23. The molecule has 146 valence electrons. The van der Waals surface area contributed by atoms with Crippen LogP contribution in [0.2, 0.25) is 0 Å². The van der Waals surface area contributed by atoms with Crippen molar-refractivity contribution in [1.82, 2.24) is 20.2 Å². The Morgan fingerprint density at radius 3 is 3.04 bits per heavy atom. The number of ether oxygens (including phenoxy) is 1. The first-order chi connectivity index (χ1) is 13.5. The Morgan fingerprint density at radius 2 is 2.21 bits per heavy atom. The van der Waals surface area contributed by atoms with Crippen molar-refractivity contribution < 1.29 is 13.9 Å². The van der Waals surface area contributed by atoms with Gasteiger partial charge in [0.2, 0.25) is 5.89 Å². The average molecular weight is 380 g/mol. The van der Waals surface area contributed by atoms with Gasteiger partial charge < -0.3 is 19.4 Å². The molecule has 7 heteroatoms. The van der Waals surface area contributed by atoms with E-state index in [4.69, 9.17) is 9.15 Å². The first-order valence-corrected chi connectivity index (χ1v) is 9.40. The number of carbonyl (C=O) groups excluding carboxylic acids is 1. The van der Waals surface area contributed by atoms with Gasteiger partial charge in [-0.1, -0.05) is 25.1 Å². The molecule has 0 aliphatic carbocycles. The van der Waals surface area contributed by atoms with Gasteiger partial charge in [-0.3, -0.25) is 9.78 Å². The standard InChI is InChI=1S/C21H24N4O3/c1-21(8-10-25(2)14-21)13-23-20(26)16-11-28-18(24-16)12-27-17-7-3-5-15-6-4-9-22-19(15)17/h3-7,9,11H,8,10,12-14H2,1-2H3,(H,23,26)/t21-/m1/s1. The van der Waals surface area contributed by atoms with E-state index in [1.54, 1.807) is 6.20 Å². The van der Waals surface area contributed by atoms with E-state index < -0.39 is 0 Å². The van der Waals surface area contributed by atoms with Crippen LogP contribution in [0.3, 0.4) is 0 Å². The Bertz CT molecular complexity index is 981. The monoisotopic (exact) mass is 380 g/mol. The maximum absolute atomic E-state index is 12.4. The van der Waals surface area contributed by atoms with Crippen LogP contribution >= 0.6 is 0 Å². The molecule has 1 saturated heterocycles. The molecule has 7 nitrogen and oxygen atoms in total. The van der Waals surface area contributed by atoms with Crippen molar-refractivity contribution in [1.29, 1.82) is 0 Å². The van der Waals surface area contributed by atoms with Gasteiger partial charge in [0.25, 0.3) is 5.91 Å². The van der Waals surface area contributed by atoms with Gasteiger partial charge in [-0.2, -0.15) is 0 Å². The van der Waals surface area contributed by atoms with Crippen molar-refractivity contribution >= 4 is 16.8 Å². The summed E-state index contributed by atoms with van der Waals surface area (Å²) in [4.78, 5) is 23.3. The number of nitrogens with one attached hydrogen (secondary N) is 1. The van der Waals surface area contributed by atoms with E-state index >= 15 is 0 Å². The summed E-state index contributed by atoms with van der Waals surface area (Å²) in [5, 5.41) is 3.97. The normalized spacial score (nSPS) is 19.8. The van der Waals surface area contributed by atoms with E-state index in [1.807, 2.05) is 30.3 Å². The second-order valence-electron chi connectivity index (χ2n) is 7.73. The number of aromatic nitrogens is 2. The van der Waals surface area contributed by atoms with Gasteiger partial charge in [-0.05, 0) is 37.6 Å². The summed E-state index contributed by atoms with van der Waals surface area (Å²) in [7, 11) is 2.10. The van der Waals surface area contributed by atoms with Crippen LogP contribution in [0.1, 0.15) is 29.7 Å². The molecular weight excluding hydrogens is 356 g/mol. The summed E-state index contributed by atoms with van der Waals surface area (Å²) in [6, 6.07) is 9.60. The van der Waals surface area contributed by atoms with E-state index in [-0.39, 0.29) is 23.6 Å². The number of hydrogen-bond acceptors (Lipinski definition) is 6. The Morgan fingerprint density at radius 1 is 1.36 bits per heavy atom. The van der Waals surface area contributed by atoms with Crippen LogP contribution in [0.4, 0.5) is 0 Å². The Labute approximate surface area is 163 Å². The fourth-order valence-electron chi connectivity index (χ4n) is 3.61. The molecule has 1 N–H and O–H groups in total. The molecule has 0 saturated carbocycles. The van der Waals surface area contributed by atoms with Crippen molar-refractivity contribution in [2.75, 3.05) is 26.7 Å². The Hall–Kier alpha value is -2.93. The first kappa shape index (κ1) is 18.4.